The summed E-state index contributed by atoms with van der Waals surface area (Å²) in [6, 6.07) is 11.1. The fourth-order valence-electron chi connectivity index (χ4n) is 2.39. The summed E-state index contributed by atoms with van der Waals surface area (Å²) in [4.78, 5) is 2.13. The van der Waals surface area contributed by atoms with E-state index in [-0.39, 0.29) is 0 Å². The first kappa shape index (κ1) is 11.2. The van der Waals surface area contributed by atoms with Crippen molar-refractivity contribution in [1.82, 2.24) is 10.2 Å². The smallest absolute Gasteiger partial charge is 0.318 e. The van der Waals surface area contributed by atoms with Gasteiger partial charge in [-0.05, 0) is 12.0 Å². The highest BCUT2D eigenvalue weighted by atomic mass is 16.4. The van der Waals surface area contributed by atoms with Crippen molar-refractivity contribution in [3.05, 3.63) is 41.8 Å². The van der Waals surface area contributed by atoms with Crippen LogP contribution in [0.1, 0.15) is 23.8 Å². The average molecular weight is 244 g/mol. The zero-order valence-electron chi connectivity index (χ0n) is 10.1. The van der Waals surface area contributed by atoms with Crippen LogP contribution in [0, 0.1) is 0 Å². The number of rotatable bonds is 3. The van der Waals surface area contributed by atoms with Crippen LogP contribution in [0.3, 0.4) is 0 Å². The monoisotopic (exact) mass is 244 g/mol. The molecule has 2 aromatic rings. The average Bonchev–Trinajstić information content (AvgIpc) is 3.08. The molecule has 0 radical (unpaired) electrons. The minimum Gasteiger partial charge on any atom is -0.407 e. The zero-order chi connectivity index (χ0) is 12.4. The summed E-state index contributed by atoms with van der Waals surface area (Å²) in [6.45, 7) is 2.17. The molecule has 0 bridgehead atoms. The lowest BCUT2D eigenvalue weighted by Crippen LogP contribution is -2.19. The third-order valence-electron chi connectivity index (χ3n) is 3.36. The van der Waals surface area contributed by atoms with Crippen LogP contribution in [0.2, 0.25) is 0 Å². The predicted molar refractivity (Wildman–Crippen MR) is 68.2 cm³/mol. The number of benzene rings is 1. The summed E-state index contributed by atoms with van der Waals surface area (Å²) in [6.07, 6.45) is 1.12. The number of nitrogens with two attached hydrogens (primary N) is 1. The Morgan fingerprint density at radius 1 is 1.28 bits per heavy atom. The van der Waals surface area contributed by atoms with E-state index in [1.54, 1.807) is 0 Å². The molecular weight excluding hydrogens is 228 g/mol. The fourth-order valence-corrected chi connectivity index (χ4v) is 2.39. The van der Waals surface area contributed by atoms with E-state index in [1.807, 2.05) is 6.07 Å². The molecule has 94 valence electrons. The molecule has 2 heterocycles. The summed E-state index contributed by atoms with van der Waals surface area (Å²) < 4.78 is 5.48. The third-order valence-corrected chi connectivity index (χ3v) is 3.36. The van der Waals surface area contributed by atoms with Gasteiger partial charge in [0.15, 0.2) is 0 Å². The Balaban J connectivity index is 1.72. The predicted octanol–water partition coefficient (Wildman–Crippen LogP) is 1.52. The second-order valence-corrected chi connectivity index (χ2v) is 4.52. The Morgan fingerprint density at radius 2 is 2.11 bits per heavy atom. The van der Waals surface area contributed by atoms with Gasteiger partial charge in [0, 0.05) is 19.0 Å². The van der Waals surface area contributed by atoms with E-state index < -0.39 is 0 Å². The molecule has 0 amide bonds. The van der Waals surface area contributed by atoms with Gasteiger partial charge in [-0.3, -0.25) is 0 Å². The van der Waals surface area contributed by atoms with Crippen molar-refractivity contribution in [3.63, 3.8) is 0 Å². The second-order valence-electron chi connectivity index (χ2n) is 4.52. The molecule has 1 atom stereocenters. The highest BCUT2D eigenvalue weighted by molar-refractivity contribution is 5.32. The molecule has 5 heteroatoms. The lowest BCUT2D eigenvalue weighted by Gasteiger charge is -2.13. The molecule has 1 saturated heterocycles. The minimum absolute atomic E-state index is 0.295. The van der Waals surface area contributed by atoms with Gasteiger partial charge >= 0.3 is 6.01 Å². The van der Waals surface area contributed by atoms with Crippen molar-refractivity contribution >= 4 is 6.01 Å². The van der Waals surface area contributed by atoms with Crippen molar-refractivity contribution in [2.24, 2.45) is 5.73 Å². The van der Waals surface area contributed by atoms with Crippen LogP contribution in [0.25, 0.3) is 0 Å². The van der Waals surface area contributed by atoms with Crippen molar-refractivity contribution in [2.45, 2.75) is 18.9 Å². The van der Waals surface area contributed by atoms with Gasteiger partial charge in [-0.15, -0.1) is 5.10 Å². The summed E-state index contributed by atoms with van der Waals surface area (Å²) in [7, 11) is 0. The van der Waals surface area contributed by atoms with E-state index in [4.69, 9.17) is 10.2 Å². The highest BCUT2D eigenvalue weighted by Crippen LogP contribution is 2.29. The van der Waals surface area contributed by atoms with Gasteiger partial charge in [-0.25, -0.2) is 0 Å². The molecule has 1 unspecified atom stereocenters. The summed E-state index contributed by atoms with van der Waals surface area (Å²) in [5, 5.41) is 7.92. The van der Waals surface area contributed by atoms with Crippen LogP contribution in [-0.2, 0) is 6.54 Å². The van der Waals surface area contributed by atoms with E-state index in [1.165, 1.54) is 5.56 Å². The van der Waals surface area contributed by atoms with Gasteiger partial charge in [0.25, 0.3) is 0 Å². The van der Waals surface area contributed by atoms with Crippen molar-refractivity contribution < 1.29 is 4.42 Å². The first-order valence-electron chi connectivity index (χ1n) is 6.19. The maximum Gasteiger partial charge on any atom is 0.318 e. The van der Waals surface area contributed by atoms with Gasteiger partial charge in [0.2, 0.25) is 5.89 Å². The number of anilines is 1. The van der Waals surface area contributed by atoms with Crippen molar-refractivity contribution in [3.8, 4) is 0 Å². The number of hydrogen-bond acceptors (Lipinski definition) is 5. The molecule has 1 aromatic carbocycles. The minimum atomic E-state index is 0.295. The van der Waals surface area contributed by atoms with Gasteiger partial charge in [-0.1, -0.05) is 35.4 Å². The standard InChI is InChI=1S/C13H16N4O/c14-8-12-15-16-13(18-12)17-7-6-11(9-17)10-4-2-1-3-5-10/h1-5,11H,6-9,14H2. The van der Waals surface area contributed by atoms with Gasteiger partial charge in [0.1, 0.15) is 0 Å². The van der Waals surface area contributed by atoms with Gasteiger partial charge in [0.05, 0.1) is 6.54 Å². The summed E-state index contributed by atoms with van der Waals surface area (Å²) in [5.41, 5.74) is 6.84. The Kier molecular flexibility index (Phi) is 2.98. The lowest BCUT2D eigenvalue weighted by molar-refractivity contribution is 0.491. The zero-order valence-corrected chi connectivity index (χ0v) is 10.1. The Hall–Kier alpha value is -1.88. The van der Waals surface area contributed by atoms with E-state index in [2.05, 4.69) is 39.4 Å². The van der Waals surface area contributed by atoms with E-state index in [0.717, 1.165) is 19.5 Å². The molecular formula is C13H16N4O. The molecule has 0 aliphatic carbocycles. The quantitative estimate of drug-likeness (QED) is 0.886. The molecule has 3 rings (SSSR count). The second kappa shape index (κ2) is 4.78. The Labute approximate surface area is 106 Å². The first-order valence-corrected chi connectivity index (χ1v) is 6.19. The molecule has 2 N–H and O–H groups in total. The normalized spacial score (nSPS) is 19.4. The van der Waals surface area contributed by atoms with E-state index in [0.29, 0.717) is 24.4 Å². The lowest BCUT2D eigenvalue weighted by atomic mass is 9.99. The van der Waals surface area contributed by atoms with Crippen LogP contribution >= 0.6 is 0 Å². The Bertz CT molecular complexity index is 511. The van der Waals surface area contributed by atoms with E-state index >= 15 is 0 Å². The van der Waals surface area contributed by atoms with Crippen LogP contribution < -0.4 is 10.6 Å². The molecule has 18 heavy (non-hydrogen) atoms. The molecule has 1 fully saturated rings. The van der Waals surface area contributed by atoms with Gasteiger partial charge < -0.3 is 15.1 Å². The highest BCUT2D eigenvalue weighted by Gasteiger charge is 2.26. The SMILES string of the molecule is NCc1nnc(N2CCC(c3ccccc3)C2)o1. The van der Waals surface area contributed by atoms with Crippen LogP contribution in [0.5, 0.6) is 0 Å². The maximum absolute atomic E-state index is 5.48. The molecule has 1 aliphatic heterocycles. The molecule has 0 saturated carbocycles. The van der Waals surface area contributed by atoms with Crippen LogP contribution in [0.4, 0.5) is 6.01 Å². The van der Waals surface area contributed by atoms with E-state index in [9.17, 15) is 0 Å². The summed E-state index contributed by atoms with van der Waals surface area (Å²) in [5.74, 6) is 1.03. The number of nitrogens with zero attached hydrogens (tertiary/aromatic N) is 3. The number of aromatic nitrogens is 2. The molecule has 1 aromatic heterocycles. The topological polar surface area (TPSA) is 68.2 Å². The third kappa shape index (κ3) is 2.09. The largest absolute Gasteiger partial charge is 0.407 e. The maximum atomic E-state index is 5.48. The fraction of sp³-hybridized carbons (Fsp3) is 0.385. The van der Waals surface area contributed by atoms with Crippen LogP contribution in [0.15, 0.2) is 34.7 Å². The van der Waals surface area contributed by atoms with Crippen molar-refractivity contribution in [2.75, 3.05) is 18.0 Å². The number of hydrogen-bond donors (Lipinski definition) is 1. The summed E-state index contributed by atoms with van der Waals surface area (Å²) >= 11 is 0. The molecule has 5 nitrogen and oxygen atoms in total. The first-order chi connectivity index (χ1) is 8.86. The van der Waals surface area contributed by atoms with Gasteiger partial charge in [-0.2, -0.15) is 0 Å². The van der Waals surface area contributed by atoms with Crippen LogP contribution in [-0.4, -0.2) is 23.3 Å². The molecule has 0 spiro atoms. The molecule has 1 aliphatic rings. The Morgan fingerprint density at radius 3 is 2.83 bits per heavy atom. The van der Waals surface area contributed by atoms with Crippen molar-refractivity contribution in [1.29, 1.82) is 0 Å².